The highest BCUT2D eigenvalue weighted by Gasteiger charge is 2.31. The van der Waals surface area contributed by atoms with Crippen LogP contribution in [0.5, 0.6) is 0 Å². The zero-order valence-corrected chi connectivity index (χ0v) is 24.0. The fraction of sp³-hybridized carbons (Fsp3) is 0.655. The molecule has 3 heterocycles. The number of nitrogens with zero attached hydrogens (tertiary/aromatic N) is 4. The van der Waals surface area contributed by atoms with Gasteiger partial charge < -0.3 is 25.4 Å². The summed E-state index contributed by atoms with van der Waals surface area (Å²) in [6.07, 6.45) is 5.99. The summed E-state index contributed by atoms with van der Waals surface area (Å²) in [4.78, 5) is 27.1. The van der Waals surface area contributed by atoms with Gasteiger partial charge in [-0.3, -0.25) is 4.98 Å². The number of hydrogen-bond donors (Lipinski definition) is 3. The first-order valence-corrected chi connectivity index (χ1v) is 13.9. The summed E-state index contributed by atoms with van der Waals surface area (Å²) in [6.45, 7) is 10.9. The Morgan fingerprint density at radius 3 is 2.74 bits per heavy atom. The van der Waals surface area contributed by atoms with Gasteiger partial charge >= 0.3 is 5.97 Å². The average molecular weight is 545 g/mol. The van der Waals surface area contributed by atoms with E-state index in [4.69, 9.17) is 9.72 Å². The van der Waals surface area contributed by atoms with Gasteiger partial charge in [-0.05, 0) is 68.5 Å². The van der Waals surface area contributed by atoms with E-state index in [1.807, 2.05) is 4.90 Å². The van der Waals surface area contributed by atoms with Crippen molar-refractivity contribution >= 4 is 17.6 Å². The predicted molar refractivity (Wildman–Crippen MR) is 152 cm³/mol. The second kappa shape index (κ2) is 14.5. The molecule has 3 atom stereocenters. The van der Waals surface area contributed by atoms with Crippen LogP contribution in [-0.2, 0) is 16.0 Å². The number of methoxy groups -OCH3 is 1. The SMILES string of the molecule is COC[C@@H](F)CN(CCCCc1ccc2c(n1)NCCC2C(C)(C)C)CC[C@H](Nc1cncc(C)n1)C(=O)O. The van der Waals surface area contributed by atoms with Crippen molar-refractivity contribution in [3.05, 3.63) is 41.5 Å². The molecule has 0 spiro atoms. The Kier molecular flexibility index (Phi) is 11.4. The Bertz CT molecular complexity index is 1060. The van der Waals surface area contributed by atoms with Gasteiger partial charge in [0.25, 0.3) is 0 Å². The third-order valence-electron chi connectivity index (χ3n) is 7.20. The van der Waals surface area contributed by atoms with Gasteiger partial charge in [-0.1, -0.05) is 26.8 Å². The molecular formula is C29H45FN6O3. The molecule has 3 N–H and O–H groups in total. The molecule has 216 valence electrons. The van der Waals surface area contributed by atoms with E-state index in [1.54, 1.807) is 13.1 Å². The Labute approximate surface area is 232 Å². The number of aliphatic carboxylic acids is 1. The first-order valence-electron chi connectivity index (χ1n) is 13.9. The number of carboxylic acids is 1. The van der Waals surface area contributed by atoms with Crippen molar-refractivity contribution in [2.75, 3.05) is 50.5 Å². The van der Waals surface area contributed by atoms with Gasteiger partial charge in [-0.25, -0.2) is 19.2 Å². The molecule has 0 radical (unpaired) electrons. The fourth-order valence-corrected chi connectivity index (χ4v) is 5.19. The van der Waals surface area contributed by atoms with Crippen LogP contribution in [0.2, 0.25) is 0 Å². The molecule has 9 nitrogen and oxygen atoms in total. The first kappa shape index (κ1) is 30.7. The van der Waals surface area contributed by atoms with Gasteiger partial charge in [-0.2, -0.15) is 0 Å². The van der Waals surface area contributed by atoms with E-state index in [1.165, 1.54) is 18.9 Å². The highest BCUT2D eigenvalue weighted by molar-refractivity contribution is 5.76. The van der Waals surface area contributed by atoms with Crippen molar-refractivity contribution in [1.29, 1.82) is 0 Å². The van der Waals surface area contributed by atoms with Gasteiger partial charge in [0.15, 0.2) is 0 Å². The molecule has 0 saturated heterocycles. The number of pyridine rings is 1. The smallest absolute Gasteiger partial charge is 0.326 e. The van der Waals surface area contributed by atoms with Crippen LogP contribution in [-0.4, -0.2) is 83.0 Å². The second-order valence-electron chi connectivity index (χ2n) is 11.6. The lowest BCUT2D eigenvalue weighted by molar-refractivity contribution is -0.138. The van der Waals surface area contributed by atoms with Crippen molar-refractivity contribution in [3.8, 4) is 0 Å². The third kappa shape index (κ3) is 9.69. The Hall–Kier alpha value is -2.85. The van der Waals surface area contributed by atoms with Crippen LogP contribution in [0.4, 0.5) is 16.0 Å². The lowest BCUT2D eigenvalue weighted by atomic mass is 9.73. The zero-order valence-electron chi connectivity index (χ0n) is 24.0. The lowest BCUT2D eigenvalue weighted by Gasteiger charge is -2.35. The van der Waals surface area contributed by atoms with E-state index >= 15 is 0 Å². The topological polar surface area (TPSA) is 113 Å². The third-order valence-corrected chi connectivity index (χ3v) is 7.20. The number of carbonyl (C=O) groups is 1. The molecule has 2 aromatic rings. The maximum absolute atomic E-state index is 14.4. The first-order chi connectivity index (χ1) is 18.6. The normalized spacial score (nSPS) is 16.8. The molecular weight excluding hydrogens is 499 g/mol. The van der Waals surface area contributed by atoms with Crippen molar-refractivity contribution in [2.45, 2.75) is 77.9 Å². The van der Waals surface area contributed by atoms with E-state index in [0.717, 1.165) is 43.7 Å². The highest BCUT2D eigenvalue weighted by atomic mass is 19.1. The van der Waals surface area contributed by atoms with E-state index in [9.17, 15) is 14.3 Å². The van der Waals surface area contributed by atoms with Crippen LogP contribution < -0.4 is 10.6 Å². The van der Waals surface area contributed by atoms with Gasteiger partial charge in [-0.15, -0.1) is 0 Å². The van der Waals surface area contributed by atoms with Gasteiger partial charge in [0.2, 0.25) is 0 Å². The average Bonchev–Trinajstić information content (AvgIpc) is 2.87. The maximum Gasteiger partial charge on any atom is 0.326 e. The van der Waals surface area contributed by atoms with Crippen molar-refractivity contribution in [3.63, 3.8) is 0 Å². The molecule has 39 heavy (non-hydrogen) atoms. The number of anilines is 2. The molecule has 0 aromatic carbocycles. The van der Waals surface area contributed by atoms with Crippen LogP contribution in [0, 0.1) is 12.3 Å². The number of aromatic nitrogens is 3. The molecule has 0 aliphatic carbocycles. The molecule has 2 aromatic heterocycles. The summed E-state index contributed by atoms with van der Waals surface area (Å²) in [5.74, 6) is 0.933. The highest BCUT2D eigenvalue weighted by Crippen LogP contribution is 2.42. The molecule has 0 bridgehead atoms. The number of unbranched alkanes of at least 4 members (excludes halogenated alkanes) is 1. The Balaban J connectivity index is 1.55. The maximum atomic E-state index is 14.4. The van der Waals surface area contributed by atoms with Crippen molar-refractivity contribution in [2.24, 2.45) is 5.41 Å². The molecule has 10 heteroatoms. The lowest BCUT2D eigenvalue weighted by Crippen LogP contribution is -2.38. The number of rotatable bonds is 15. The summed E-state index contributed by atoms with van der Waals surface area (Å²) in [7, 11) is 1.48. The summed E-state index contributed by atoms with van der Waals surface area (Å²) in [5.41, 5.74) is 3.25. The number of halogens is 1. The van der Waals surface area contributed by atoms with E-state index in [-0.39, 0.29) is 18.6 Å². The Morgan fingerprint density at radius 2 is 2.05 bits per heavy atom. The number of hydrogen-bond acceptors (Lipinski definition) is 8. The van der Waals surface area contributed by atoms with Crippen molar-refractivity contribution < 1.29 is 19.0 Å². The second-order valence-corrected chi connectivity index (χ2v) is 11.6. The fourth-order valence-electron chi connectivity index (χ4n) is 5.19. The number of fused-ring (bicyclic) bond motifs is 1. The minimum atomic E-state index is -1.14. The number of alkyl halides is 1. The minimum absolute atomic E-state index is 0.0115. The number of carboxylic acid groups (broad SMARTS) is 1. The number of ether oxygens (including phenoxy) is 1. The molecule has 1 aliphatic rings. The van der Waals surface area contributed by atoms with Crippen LogP contribution >= 0.6 is 0 Å². The van der Waals surface area contributed by atoms with Crippen LogP contribution in [0.25, 0.3) is 0 Å². The molecule has 0 amide bonds. The molecule has 0 saturated carbocycles. The van der Waals surface area contributed by atoms with Crippen molar-refractivity contribution in [1.82, 2.24) is 19.9 Å². The van der Waals surface area contributed by atoms with E-state index in [0.29, 0.717) is 36.9 Å². The van der Waals surface area contributed by atoms with Gasteiger partial charge in [0, 0.05) is 38.6 Å². The molecule has 1 aliphatic heterocycles. The summed E-state index contributed by atoms with van der Waals surface area (Å²) in [5, 5.41) is 16.1. The quantitative estimate of drug-likeness (QED) is 0.275. The van der Waals surface area contributed by atoms with Gasteiger partial charge in [0.05, 0.1) is 18.5 Å². The summed E-state index contributed by atoms with van der Waals surface area (Å²) >= 11 is 0. The van der Waals surface area contributed by atoms with E-state index in [2.05, 4.69) is 53.5 Å². The minimum Gasteiger partial charge on any atom is -0.480 e. The number of aryl methyl sites for hydroxylation is 2. The van der Waals surface area contributed by atoms with Crippen LogP contribution in [0.1, 0.15) is 69.3 Å². The Morgan fingerprint density at radius 1 is 1.26 bits per heavy atom. The largest absolute Gasteiger partial charge is 0.480 e. The molecule has 1 unspecified atom stereocenters. The monoisotopic (exact) mass is 544 g/mol. The summed E-state index contributed by atoms with van der Waals surface area (Å²) < 4.78 is 19.4. The predicted octanol–water partition coefficient (Wildman–Crippen LogP) is 4.69. The van der Waals surface area contributed by atoms with E-state index < -0.39 is 18.2 Å². The van der Waals surface area contributed by atoms with Crippen LogP contribution in [0.15, 0.2) is 24.5 Å². The zero-order chi connectivity index (χ0) is 28.4. The van der Waals surface area contributed by atoms with Crippen LogP contribution in [0.3, 0.4) is 0 Å². The standard InChI is InChI=1S/C29H45FN6O3/c1-20-16-31-17-26(33-20)35-25(28(37)38)12-15-36(18-21(30)19-39-5)14-7-6-8-22-9-10-23-24(29(2,3)4)11-13-32-27(23)34-22/h9-10,16-17,21,24-25H,6-8,11-15,18-19H2,1-5H3,(H,32,34)(H,33,35)(H,37,38)/t21-,24?,25-/m0/s1. The van der Waals surface area contributed by atoms with Gasteiger partial charge in [0.1, 0.15) is 23.8 Å². The summed E-state index contributed by atoms with van der Waals surface area (Å²) in [6, 6.07) is 3.51. The molecule has 0 fully saturated rings. The molecule has 3 rings (SSSR count). The number of nitrogens with one attached hydrogen (secondary N) is 2.